The summed E-state index contributed by atoms with van der Waals surface area (Å²) < 4.78 is 5.89. The Kier molecular flexibility index (Phi) is 5.07. The van der Waals surface area contributed by atoms with Gasteiger partial charge in [-0.25, -0.2) is 4.79 Å². The molecular weight excluding hydrogens is 326 g/mol. The van der Waals surface area contributed by atoms with E-state index in [1.165, 1.54) is 11.1 Å². The monoisotopic (exact) mass is 351 g/mol. The van der Waals surface area contributed by atoms with E-state index in [4.69, 9.17) is 4.74 Å². The normalized spacial score (nSPS) is 19.7. The van der Waals surface area contributed by atoms with Crippen LogP contribution in [0.2, 0.25) is 0 Å². The second-order valence-corrected chi connectivity index (χ2v) is 6.99. The van der Waals surface area contributed by atoms with Gasteiger partial charge in [-0.05, 0) is 17.2 Å². The van der Waals surface area contributed by atoms with Crippen molar-refractivity contribution in [3.63, 3.8) is 0 Å². The first-order valence-corrected chi connectivity index (χ1v) is 9.31. The lowest BCUT2D eigenvalue weighted by atomic mass is 10.1. The molecule has 0 aromatic heterocycles. The lowest BCUT2D eigenvalue weighted by Gasteiger charge is -2.34. The van der Waals surface area contributed by atoms with Gasteiger partial charge in [0.2, 0.25) is 0 Å². The number of hydrogen-bond donors (Lipinski definition) is 1. The van der Waals surface area contributed by atoms with E-state index in [2.05, 4.69) is 40.5 Å². The molecular formula is C21H25N3O2. The van der Waals surface area contributed by atoms with Crippen LogP contribution in [0.4, 0.5) is 4.79 Å². The summed E-state index contributed by atoms with van der Waals surface area (Å²) in [4.78, 5) is 16.7. The highest BCUT2D eigenvalue weighted by Gasteiger charge is 2.25. The van der Waals surface area contributed by atoms with E-state index >= 15 is 0 Å². The molecule has 1 unspecified atom stereocenters. The molecule has 4 rings (SSSR count). The van der Waals surface area contributed by atoms with E-state index in [0.29, 0.717) is 6.54 Å². The molecule has 1 fully saturated rings. The molecule has 2 amide bonds. The van der Waals surface area contributed by atoms with Crippen molar-refractivity contribution in [2.75, 3.05) is 32.7 Å². The summed E-state index contributed by atoms with van der Waals surface area (Å²) >= 11 is 0. The average molecular weight is 351 g/mol. The maximum atomic E-state index is 12.4. The number of hydrogen-bond acceptors (Lipinski definition) is 3. The summed E-state index contributed by atoms with van der Waals surface area (Å²) in [6, 6.07) is 18.6. The van der Waals surface area contributed by atoms with E-state index in [-0.39, 0.29) is 12.1 Å². The number of ether oxygens (including phenoxy) is 1. The second kappa shape index (κ2) is 7.79. The number of carbonyl (C=O) groups excluding carboxylic acids is 1. The minimum absolute atomic E-state index is 0.0175. The molecule has 2 aromatic carbocycles. The third-order valence-corrected chi connectivity index (χ3v) is 5.10. The van der Waals surface area contributed by atoms with Gasteiger partial charge in [-0.3, -0.25) is 4.90 Å². The predicted octanol–water partition coefficient (Wildman–Crippen LogP) is 2.52. The van der Waals surface area contributed by atoms with Crippen molar-refractivity contribution < 1.29 is 9.53 Å². The Morgan fingerprint density at radius 1 is 1.00 bits per heavy atom. The number of carbonyl (C=O) groups is 1. The molecule has 0 radical (unpaired) electrons. The molecule has 2 aliphatic heterocycles. The number of nitrogens with zero attached hydrogens (tertiary/aromatic N) is 2. The van der Waals surface area contributed by atoms with Crippen molar-refractivity contribution in [3.05, 3.63) is 65.7 Å². The number of benzene rings is 2. The van der Waals surface area contributed by atoms with Crippen molar-refractivity contribution in [2.24, 2.45) is 0 Å². The van der Waals surface area contributed by atoms with Crippen LogP contribution in [0, 0.1) is 0 Å². The van der Waals surface area contributed by atoms with Gasteiger partial charge in [0.1, 0.15) is 11.9 Å². The smallest absolute Gasteiger partial charge is 0.317 e. The van der Waals surface area contributed by atoms with E-state index < -0.39 is 0 Å². The zero-order valence-corrected chi connectivity index (χ0v) is 14.9. The lowest BCUT2D eigenvalue weighted by molar-refractivity contribution is 0.132. The van der Waals surface area contributed by atoms with Gasteiger partial charge in [0.25, 0.3) is 0 Å². The summed E-state index contributed by atoms with van der Waals surface area (Å²) in [6.07, 6.45) is 0.900. The maximum absolute atomic E-state index is 12.4. The van der Waals surface area contributed by atoms with Gasteiger partial charge in [0.05, 0.1) is 6.54 Å². The molecule has 136 valence electrons. The fourth-order valence-electron chi connectivity index (χ4n) is 3.63. The summed E-state index contributed by atoms with van der Waals surface area (Å²) in [5, 5.41) is 3.04. The lowest BCUT2D eigenvalue weighted by Crippen LogP contribution is -2.52. The van der Waals surface area contributed by atoms with Crippen molar-refractivity contribution in [2.45, 2.75) is 19.1 Å². The Morgan fingerprint density at radius 2 is 1.73 bits per heavy atom. The van der Waals surface area contributed by atoms with Crippen molar-refractivity contribution in [1.82, 2.24) is 15.1 Å². The van der Waals surface area contributed by atoms with E-state index in [1.54, 1.807) is 0 Å². The van der Waals surface area contributed by atoms with Crippen LogP contribution in [0.3, 0.4) is 0 Å². The molecule has 26 heavy (non-hydrogen) atoms. The van der Waals surface area contributed by atoms with Gasteiger partial charge in [-0.2, -0.15) is 0 Å². The Morgan fingerprint density at radius 3 is 2.50 bits per heavy atom. The highest BCUT2D eigenvalue weighted by Crippen LogP contribution is 2.27. The Labute approximate surface area is 154 Å². The molecule has 2 aliphatic rings. The Bertz CT molecular complexity index is 717. The molecule has 2 heterocycles. The third-order valence-electron chi connectivity index (χ3n) is 5.10. The number of para-hydroxylation sites is 1. The van der Waals surface area contributed by atoms with E-state index in [1.807, 2.05) is 29.2 Å². The highest BCUT2D eigenvalue weighted by molar-refractivity contribution is 5.74. The SMILES string of the molecule is O=C(NCC1Cc2ccccc2O1)N1CCN(Cc2ccccc2)CC1. The topological polar surface area (TPSA) is 44.8 Å². The number of urea groups is 1. The quantitative estimate of drug-likeness (QED) is 0.921. The average Bonchev–Trinajstić information content (AvgIpc) is 3.10. The van der Waals surface area contributed by atoms with Crippen LogP contribution in [0.5, 0.6) is 5.75 Å². The van der Waals surface area contributed by atoms with Crippen LogP contribution in [-0.4, -0.2) is 54.7 Å². The van der Waals surface area contributed by atoms with Crippen LogP contribution >= 0.6 is 0 Å². The van der Waals surface area contributed by atoms with Crippen molar-refractivity contribution in [1.29, 1.82) is 0 Å². The molecule has 5 nitrogen and oxygen atoms in total. The first-order chi connectivity index (χ1) is 12.8. The molecule has 0 spiro atoms. The summed E-state index contributed by atoms with van der Waals surface area (Å²) in [5.41, 5.74) is 2.55. The van der Waals surface area contributed by atoms with Crippen LogP contribution in [0.1, 0.15) is 11.1 Å². The maximum Gasteiger partial charge on any atom is 0.317 e. The summed E-state index contributed by atoms with van der Waals surface area (Å²) in [5.74, 6) is 0.946. The minimum atomic E-state index is 0.0175. The van der Waals surface area contributed by atoms with Gasteiger partial charge in [-0.1, -0.05) is 48.5 Å². The Balaban J connectivity index is 1.20. The molecule has 1 N–H and O–H groups in total. The van der Waals surface area contributed by atoms with Crippen LogP contribution in [0.25, 0.3) is 0 Å². The van der Waals surface area contributed by atoms with Crippen molar-refractivity contribution >= 4 is 6.03 Å². The third kappa shape index (κ3) is 3.99. The second-order valence-electron chi connectivity index (χ2n) is 6.99. The molecule has 0 bridgehead atoms. The largest absolute Gasteiger partial charge is 0.488 e. The summed E-state index contributed by atoms with van der Waals surface area (Å²) in [7, 11) is 0. The zero-order chi connectivity index (χ0) is 17.8. The van der Waals surface area contributed by atoms with Crippen LogP contribution in [-0.2, 0) is 13.0 Å². The fraction of sp³-hybridized carbons (Fsp3) is 0.381. The van der Waals surface area contributed by atoms with Gasteiger partial charge in [0.15, 0.2) is 0 Å². The molecule has 2 aromatic rings. The van der Waals surface area contributed by atoms with E-state index in [9.17, 15) is 4.79 Å². The van der Waals surface area contributed by atoms with Crippen LogP contribution in [0.15, 0.2) is 54.6 Å². The molecule has 1 saturated heterocycles. The van der Waals surface area contributed by atoms with Gasteiger partial charge >= 0.3 is 6.03 Å². The van der Waals surface area contributed by atoms with Gasteiger partial charge < -0.3 is 15.0 Å². The molecule has 0 aliphatic carbocycles. The standard InChI is InChI=1S/C21H25N3O2/c25-21(22-15-19-14-18-8-4-5-9-20(18)26-19)24-12-10-23(11-13-24)16-17-6-2-1-3-7-17/h1-9,19H,10-16H2,(H,22,25). The first-order valence-electron chi connectivity index (χ1n) is 9.31. The number of rotatable bonds is 4. The molecule has 5 heteroatoms. The van der Waals surface area contributed by atoms with Gasteiger partial charge in [0, 0.05) is 39.1 Å². The van der Waals surface area contributed by atoms with E-state index in [0.717, 1.165) is 44.9 Å². The van der Waals surface area contributed by atoms with Crippen LogP contribution < -0.4 is 10.1 Å². The zero-order valence-electron chi connectivity index (χ0n) is 14.9. The minimum Gasteiger partial charge on any atom is -0.488 e. The van der Waals surface area contributed by atoms with Gasteiger partial charge in [-0.15, -0.1) is 0 Å². The fourth-order valence-corrected chi connectivity index (χ4v) is 3.63. The number of amides is 2. The highest BCUT2D eigenvalue weighted by atomic mass is 16.5. The number of fused-ring (bicyclic) bond motifs is 1. The van der Waals surface area contributed by atoms with Crippen molar-refractivity contribution in [3.8, 4) is 5.75 Å². The number of nitrogens with one attached hydrogen (secondary N) is 1. The molecule has 0 saturated carbocycles. The summed E-state index contributed by atoms with van der Waals surface area (Å²) in [6.45, 7) is 4.86. The molecule has 1 atom stereocenters. The first kappa shape index (κ1) is 16.9. The number of piperazine rings is 1. The Hall–Kier alpha value is -2.53. The predicted molar refractivity (Wildman–Crippen MR) is 101 cm³/mol.